The van der Waals surface area contributed by atoms with E-state index in [9.17, 15) is 0 Å². The van der Waals surface area contributed by atoms with E-state index in [1.807, 2.05) is 0 Å². The van der Waals surface area contributed by atoms with E-state index >= 15 is 0 Å². The van der Waals surface area contributed by atoms with Crippen LogP contribution in [0.1, 0.15) is 0 Å². The van der Waals surface area contributed by atoms with Crippen LogP contribution in [-0.2, 0) is 10.9 Å². The van der Waals surface area contributed by atoms with Crippen molar-refractivity contribution in [2.45, 2.75) is 34.3 Å². The molecule has 0 spiro atoms. The molecule has 0 saturated heterocycles. The van der Waals surface area contributed by atoms with Crippen LogP contribution < -0.4 is 0 Å². The predicted octanol–water partition coefficient (Wildman–Crippen LogP) is 12.4. The first-order chi connectivity index (χ1) is 22.3. The Bertz CT molecular complexity index is 1810. The molecule has 0 fully saturated rings. The fraction of sp³-hybridized carbons (Fsp3) is 0. The molecule has 45 heavy (non-hydrogen) atoms. The molecule has 0 bridgehead atoms. The van der Waals surface area contributed by atoms with Gasteiger partial charge in [-0.3, -0.25) is 0 Å². The van der Waals surface area contributed by atoms with Gasteiger partial charge in [0.1, 0.15) is 0 Å². The van der Waals surface area contributed by atoms with Crippen LogP contribution in [0.25, 0.3) is 22.3 Å². The van der Waals surface area contributed by atoms with Gasteiger partial charge in [-0.1, -0.05) is 127 Å². The summed E-state index contributed by atoms with van der Waals surface area (Å²) in [7, 11) is -0.191. The lowest BCUT2D eigenvalue weighted by atomic mass is 10.1. The molecule has 0 nitrogen and oxygen atoms in total. The highest BCUT2D eigenvalue weighted by atomic mass is 32.2. The molecule has 0 aliphatic carbocycles. The average molecular weight is 632 g/mol. The monoisotopic (exact) mass is 631 g/mol. The van der Waals surface area contributed by atoms with Gasteiger partial charge in [0, 0.05) is 19.6 Å². The number of benzene rings is 7. The molecule has 0 amide bonds. The normalized spacial score (nSPS) is 11.0. The lowest BCUT2D eigenvalue weighted by Crippen LogP contribution is -2.04. The van der Waals surface area contributed by atoms with Crippen molar-refractivity contribution in [3.8, 4) is 22.3 Å². The summed E-state index contributed by atoms with van der Waals surface area (Å²) in [5.74, 6) is 0. The molecule has 0 unspecified atom stereocenters. The SMILES string of the molecule is c1ccc(-c2ccc(Sc3ccc([S+](c4ccccc4)c4ccc(Sc5ccc(-c6ccccc6)cc5)cc4)cc3)cc2)cc1. The van der Waals surface area contributed by atoms with Crippen molar-refractivity contribution in [1.82, 2.24) is 0 Å². The Morgan fingerprint density at radius 2 is 0.511 bits per heavy atom. The van der Waals surface area contributed by atoms with Gasteiger partial charge < -0.3 is 0 Å². The average Bonchev–Trinajstić information content (AvgIpc) is 3.12. The summed E-state index contributed by atoms with van der Waals surface area (Å²) in [6, 6.07) is 67.9. The number of hydrogen-bond donors (Lipinski definition) is 0. The van der Waals surface area contributed by atoms with Crippen molar-refractivity contribution in [3.63, 3.8) is 0 Å². The summed E-state index contributed by atoms with van der Waals surface area (Å²) < 4.78 is 0. The summed E-state index contributed by atoms with van der Waals surface area (Å²) in [5.41, 5.74) is 4.98. The third-order valence-electron chi connectivity index (χ3n) is 7.49. The Morgan fingerprint density at radius 3 is 0.867 bits per heavy atom. The minimum absolute atomic E-state index is 0.191. The van der Waals surface area contributed by atoms with Gasteiger partial charge in [0.05, 0.1) is 10.9 Å². The van der Waals surface area contributed by atoms with Crippen molar-refractivity contribution in [2.75, 3.05) is 0 Å². The van der Waals surface area contributed by atoms with E-state index in [-0.39, 0.29) is 10.9 Å². The highest BCUT2D eigenvalue weighted by molar-refractivity contribution is 7.99. The molecule has 0 aliphatic rings. The number of hydrogen-bond acceptors (Lipinski definition) is 2. The topological polar surface area (TPSA) is 0 Å². The second-order valence-corrected chi connectivity index (χ2v) is 14.9. The van der Waals surface area contributed by atoms with Gasteiger partial charge in [-0.25, -0.2) is 0 Å². The van der Waals surface area contributed by atoms with Gasteiger partial charge >= 0.3 is 0 Å². The summed E-state index contributed by atoms with van der Waals surface area (Å²) in [5, 5.41) is 0. The zero-order chi connectivity index (χ0) is 30.3. The highest BCUT2D eigenvalue weighted by Crippen LogP contribution is 2.36. The minimum atomic E-state index is -0.191. The van der Waals surface area contributed by atoms with Gasteiger partial charge in [0.2, 0.25) is 0 Å². The molecule has 7 aromatic rings. The first kappa shape index (κ1) is 29.3. The summed E-state index contributed by atoms with van der Waals surface area (Å²) >= 11 is 3.61. The Hall–Kier alpha value is -4.41. The molecular formula is C42H31S3+. The molecule has 216 valence electrons. The Kier molecular flexibility index (Phi) is 9.20. The van der Waals surface area contributed by atoms with Gasteiger partial charge in [0.15, 0.2) is 14.7 Å². The van der Waals surface area contributed by atoms with Crippen LogP contribution in [0.15, 0.2) is 222 Å². The number of rotatable bonds is 9. The Balaban J connectivity index is 1.07. The van der Waals surface area contributed by atoms with Gasteiger partial charge in [-0.2, -0.15) is 0 Å². The van der Waals surface area contributed by atoms with Crippen LogP contribution >= 0.6 is 23.5 Å². The zero-order valence-electron chi connectivity index (χ0n) is 24.6. The quantitative estimate of drug-likeness (QED) is 0.145. The zero-order valence-corrected chi connectivity index (χ0v) is 27.1. The van der Waals surface area contributed by atoms with Crippen molar-refractivity contribution < 1.29 is 0 Å². The van der Waals surface area contributed by atoms with Crippen LogP contribution in [0.3, 0.4) is 0 Å². The fourth-order valence-electron chi connectivity index (χ4n) is 5.22. The van der Waals surface area contributed by atoms with Crippen molar-refractivity contribution >= 4 is 34.4 Å². The maximum atomic E-state index is 2.30. The molecule has 0 radical (unpaired) electrons. The van der Waals surface area contributed by atoms with Gasteiger partial charge in [-0.05, 0) is 107 Å². The minimum Gasteiger partial charge on any atom is -0.0901 e. The van der Waals surface area contributed by atoms with Crippen LogP contribution in [0.2, 0.25) is 0 Å². The molecule has 0 atom stereocenters. The standard InChI is InChI=1S/C42H31S3/c1-4-10-32(11-5-1)34-16-20-36(21-17-34)43-38-24-28-41(29-25-38)45(40-14-8-3-9-15-40)42-30-26-39(27-31-42)44-37-22-18-35(19-23-37)33-12-6-2-7-13-33/h1-31H/q+1. The molecule has 7 rings (SSSR count). The van der Waals surface area contributed by atoms with E-state index in [0.717, 1.165) is 0 Å². The summed E-state index contributed by atoms with van der Waals surface area (Å²) in [6.07, 6.45) is 0. The molecule has 0 aromatic heterocycles. The highest BCUT2D eigenvalue weighted by Gasteiger charge is 2.28. The fourth-order valence-corrected chi connectivity index (χ4v) is 8.91. The maximum Gasteiger partial charge on any atom is 0.166 e. The van der Waals surface area contributed by atoms with E-state index in [0.29, 0.717) is 0 Å². The molecule has 0 aliphatic heterocycles. The smallest absolute Gasteiger partial charge is 0.0901 e. The second-order valence-electron chi connectivity index (χ2n) is 10.5. The van der Waals surface area contributed by atoms with Gasteiger partial charge in [0.25, 0.3) is 0 Å². The first-order valence-corrected chi connectivity index (χ1v) is 17.8. The third kappa shape index (κ3) is 7.29. The largest absolute Gasteiger partial charge is 0.166 e. The lowest BCUT2D eigenvalue weighted by Gasteiger charge is -2.10. The third-order valence-corrected chi connectivity index (χ3v) is 11.8. The maximum absolute atomic E-state index is 2.30. The lowest BCUT2D eigenvalue weighted by molar-refractivity contribution is 1.27. The second kappa shape index (κ2) is 14.1. The van der Waals surface area contributed by atoms with E-state index in [1.54, 1.807) is 23.5 Å². The van der Waals surface area contributed by atoms with Crippen LogP contribution in [0.4, 0.5) is 0 Å². The van der Waals surface area contributed by atoms with E-state index in [2.05, 4.69) is 188 Å². The van der Waals surface area contributed by atoms with E-state index < -0.39 is 0 Å². The molecule has 3 heteroatoms. The predicted molar refractivity (Wildman–Crippen MR) is 193 cm³/mol. The van der Waals surface area contributed by atoms with Gasteiger partial charge in [-0.15, -0.1) is 0 Å². The molecule has 0 saturated carbocycles. The molecular weight excluding hydrogens is 601 g/mol. The van der Waals surface area contributed by atoms with Crippen LogP contribution in [-0.4, -0.2) is 0 Å². The van der Waals surface area contributed by atoms with Crippen LogP contribution in [0.5, 0.6) is 0 Å². The van der Waals surface area contributed by atoms with Crippen molar-refractivity contribution in [2.24, 2.45) is 0 Å². The van der Waals surface area contributed by atoms with Crippen molar-refractivity contribution in [3.05, 3.63) is 188 Å². The Morgan fingerprint density at radius 1 is 0.244 bits per heavy atom. The summed E-state index contributed by atoms with van der Waals surface area (Å²) in [4.78, 5) is 8.94. The van der Waals surface area contributed by atoms with E-state index in [4.69, 9.17) is 0 Å². The van der Waals surface area contributed by atoms with Crippen LogP contribution in [0, 0.1) is 0 Å². The Labute approximate surface area is 277 Å². The molecule has 7 aromatic carbocycles. The first-order valence-electron chi connectivity index (χ1n) is 14.9. The van der Waals surface area contributed by atoms with E-state index in [1.165, 1.54) is 56.5 Å². The molecule has 0 heterocycles. The summed E-state index contributed by atoms with van der Waals surface area (Å²) in [6.45, 7) is 0. The van der Waals surface area contributed by atoms with Crippen molar-refractivity contribution in [1.29, 1.82) is 0 Å². The molecule has 0 N–H and O–H groups in total.